The molecule has 0 saturated carbocycles. The van der Waals surface area contributed by atoms with Crippen LogP contribution in [0.5, 0.6) is 0 Å². The summed E-state index contributed by atoms with van der Waals surface area (Å²) >= 11 is 1.76. The quantitative estimate of drug-likeness (QED) is 0.892. The SMILES string of the molecule is C[C@@]1(C(=O)N[C@@H]2CCN(C(=O)CCc3ccccc3)C2)CCCS1. The Bertz CT molecular complexity index is 584. The highest BCUT2D eigenvalue weighted by atomic mass is 32.2. The minimum absolute atomic E-state index is 0.108. The van der Waals surface area contributed by atoms with E-state index in [2.05, 4.69) is 17.4 Å². The average molecular weight is 346 g/mol. The molecule has 0 aromatic heterocycles. The molecule has 0 radical (unpaired) electrons. The number of benzene rings is 1. The third-order valence-corrected chi connectivity index (χ3v) is 6.57. The molecule has 2 heterocycles. The molecule has 1 aromatic rings. The molecule has 0 spiro atoms. The summed E-state index contributed by atoms with van der Waals surface area (Å²) in [6.07, 6.45) is 4.25. The molecular weight excluding hydrogens is 320 g/mol. The van der Waals surface area contributed by atoms with E-state index in [1.165, 1.54) is 5.56 Å². The van der Waals surface area contributed by atoms with Gasteiger partial charge in [-0.2, -0.15) is 0 Å². The molecule has 24 heavy (non-hydrogen) atoms. The van der Waals surface area contributed by atoms with Gasteiger partial charge in [0.15, 0.2) is 0 Å². The summed E-state index contributed by atoms with van der Waals surface area (Å²) in [5, 5.41) is 3.17. The number of likely N-dealkylation sites (tertiary alicyclic amines) is 1. The number of hydrogen-bond donors (Lipinski definition) is 1. The first-order valence-electron chi connectivity index (χ1n) is 8.83. The molecule has 5 heteroatoms. The van der Waals surface area contributed by atoms with Crippen LogP contribution in [-0.2, 0) is 16.0 Å². The summed E-state index contributed by atoms with van der Waals surface area (Å²) in [4.78, 5) is 26.8. The number of rotatable bonds is 5. The fourth-order valence-corrected chi connectivity index (χ4v) is 4.67. The Balaban J connectivity index is 1.44. The topological polar surface area (TPSA) is 49.4 Å². The number of nitrogens with zero attached hydrogens (tertiary/aromatic N) is 1. The molecule has 2 atom stereocenters. The van der Waals surface area contributed by atoms with Crippen LogP contribution < -0.4 is 5.32 Å². The second-order valence-corrected chi connectivity index (χ2v) is 8.57. The highest BCUT2D eigenvalue weighted by Gasteiger charge is 2.39. The average Bonchev–Trinajstić information content (AvgIpc) is 3.24. The van der Waals surface area contributed by atoms with Gasteiger partial charge in [-0.1, -0.05) is 30.3 Å². The molecule has 0 unspecified atom stereocenters. The predicted octanol–water partition coefficient (Wildman–Crippen LogP) is 2.62. The maximum absolute atomic E-state index is 12.5. The first-order chi connectivity index (χ1) is 11.6. The molecule has 2 aliphatic rings. The van der Waals surface area contributed by atoms with Crippen LogP contribution in [0.15, 0.2) is 30.3 Å². The molecule has 1 aromatic carbocycles. The largest absolute Gasteiger partial charge is 0.350 e. The summed E-state index contributed by atoms with van der Waals surface area (Å²) in [7, 11) is 0. The molecule has 0 bridgehead atoms. The number of carbonyl (C=O) groups excluding carboxylic acids is 2. The summed E-state index contributed by atoms with van der Waals surface area (Å²) in [6.45, 7) is 3.44. The van der Waals surface area contributed by atoms with Crippen LogP contribution >= 0.6 is 11.8 Å². The Morgan fingerprint density at radius 3 is 2.83 bits per heavy atom. The van der Waals surface area contributed by atoms with Gasteiger partial charge in [0.1, 0.15) is 0 Å². The zero-order valence-corrected chi connectivity index (χ0v) is 15.1. The van der Waals surface area contributed by atoms with E-state index >= 15 is 0 Å². The van der Waals surface area contributed by atoms with E-state index in [-0.39, 0.29) is 22.6 Å². The molecular formula is C19H26N2O2S. The van der Waals surface area contributed by atoms with Crippen molar-refractivity contribution in [2.45, 2.75) is 49.8 Å². The van der Waals surface area contributed by atoms with Crippen molar-refractivity contribution in [3.05, 3.63) is 35.9 Å². The Morgan fingerprint density at radius 1 is 1.33 bits per heavy atom. The molecule has 1 N–H and O–H groups in total. The van der Waals surface area contributed by atoms with Crippen LogP contribution in [0.2, 0.25) is 0 Å². The van der Waals surface area contributed by atoms with Crippen molar-refractivity contribution < 1.29 is 9.59 Å². The summed E-state index contributed by atoms with van der Waals surface area (Å²) in [5.41, 5.74) is 1.20. The zero-order chi connectivity index (χ0) is 17.0. The number of carbonyl (C=O) groups is 2. The molecule has 2 amide bonds. The fraction of sp³-hybridized carbons (Fsp3) is 0.579. The van der Waals surface area contributed by atoms with Crippen molar-refractivity contribution in [1.82, 2.24) is 10.2 Å². The molecule has 4 nitrogen and oxygen atoms in total. The number of nitrogens with one attached hydrogen (secondary N) is 1. The van der Waals surface area contributed by atoms with Crippen molar-refractivity contribution in [2.75, 3.05) is 18.8 Å². The van der Waals surface area contributed by atoms with Crippen molar-refractivity contribution in [1.29, 1.82) is 0 Å². The molecule has 2 fully saturated rings. The van der Waals surface area contributed by atoms with Crippen LogP contribution in [0, 0.1) is 0 Å². The lowest BCUT2D eigenvalue weighted by Gasteiger charge is -2.24. The van der Waals surface area contributed by atoms with Crippen LogP contribution in [0.3, 0.4) is 0 Å². The molecule has 0 aliphatic carbocycles. The Labute approximate surface area is 148 Å². The Kier molecular flexibility index (Phi) is 5.49. The number of amides is 2. The molecule has 3 rings (SSSR count). The van der Waals surface area contributed by atoms with Crippen molar-refractivity contribution >= 4 is 23.6 Å². The smallest absolute Gasteiger partial charge is 0.236 e. The molecule has 130 valence electrons. The van der Waals surface area contributed by atoms with E-state index in [0.29, 0.717) is 13.0 Å². The van der Waals surface area contributed by atoms with Gasteiger partial charge < -0.3 is 10.2 Å². The van der Waals surface area contributed by atoms with Gasteiger partial charge in [-0.3, -0.25) is 9.59 Å². The van der Waals surface area contributed by atoms with Gasteiger partial charge in [-0.15, -0.1) is 11.8 Å². The first kappa shape index (κ1) is 17.3. The lowest BCUT2D eigenvalue weighted by atomic mass is 10.0. The minimum Gasteiger partial charge on any atom is -0.350 e. The minimum atomic E-state index is -0.273. The third-order valence-electron chi connectivity index (χ3n) is 5.05. The van der Waals surface area contributed by atoms with Gasteiger partial charge in [0, 0.05) is 25.6 Å². The summed E-state index contributed by atoms with van der Waals surface area (Å²) < 4.78 is -0.273. The van der Waals surface area contributed by atoms with Gasteiger partial charge in [0.05, 0.1) is 4.75 Å². The second kappa shape index (κ2) is 7.60. The lowest BCUT2D eigenvalue weighted by Crippen LogP contribution is -2.46. The van der Waals surface area contributed by atoms with Crippen LogP contribution in [-0.4, -0.2) is 46.3 Å². The van der Waals surface area contributed by atoms with E-state index in [1.807, 2.05) is 30.0 Å². The maximum atomic E-state index is 12.5. The molecule has 2 saturated heterocycles. The molecule has 2 aliphatic heterocycles. The van der Waals surface area contributed by atoms with Gasteiger partial charge in [0.2, 0.25) is 11.8 Å². The Hall–Kier alpha value is -1.49. The van der Waals surface area contributed by atoms with E-state index in [0.717, 1.165) is 38.0 Å². The van der Waals surface area contributed by atoms with Gasteiger partial charge in [-0.05, 0) is 43.9 Å². The first-order valence-corrected chi connectivity index (χ1v) is 9.82. The van der Waals surface area contributed by atoms with Crippen molar-refractivity contribution in [3.63, 3.8) is 0 Å². The van der Waals surface area contributed by atoms with Gasteiger partial charge in [0.25, 0.3) is 0 Å². The zero-order valence-electron chi connectivity index (χ0n) is 14.3. The van der Waals surface area contributed by atoms with E-state index < -0.39 is 0 Å². The highest BCUT2D eigenvalue weighted by molar-refractivity contribution is 8.01. The maximum Gasteiger partial charge on any atom is 0.236 e. The third kappa shape index (κ3) is 4.12. The summed E-state index contributed by atoms with van der Waals surface area (Å²) in [6, 6.07) is 10.2. The second-order valence-electron chi connectivity index (χ2n) is 6.97. The van der Waals surface area contributed by atoms with Gasteiger partial charge in [-0.25, -0.2) is 0 Å². The highest BCUT2D eigenvalue weighted by Crippen LogP contribution is 2.38. The van der Waals surface area contributed by atoms with Crippen LogP contribution in [0.1, 0.15) is 38.2 Å². The number of aryl methyl sites for hydroxylation is 1. The summed E-state index contributed by atoms with van der Waals surface area (Å²) in [5.74, 6) is 1.41. The normalized spacial score (nSPS) is 26.5. The fourth-order valence-electron chi connectivity index (χ4n) is 3.45. The Morgan fingerprint density at radius 2 is 2.12 bits per heavy atom. The monoisotopic (exact) mass is 346 g/mol. The lowest BCUT2D eigenvalue weighted by molar-refractivity contribution is -0.130. The van der Waals surface area contributed by atoms with E-state index in [9.17, 15) is 9.59 Å². The number of hydrogen-bond acceptors (Lipinski definition) is 3. The van der Waals surface area contributed by atoms with Crippen LogP contribution in [0.25, 0.3) is 0 Å². The predicted molar refractivity (Wildman–Crippen MR) is 98.0 cm³/mol. The van der Waals surface area contributed by atoms with E-state index in [1.54, 1.807) is 11.8 Å². The van der Waals surface area contributed by atoms with Crippen LogP contribution in [0.4, 0.5) is 0 Å². The van der Waals surface area contributed by atoms with Gasteiger partial charge >= 0.3 is 0 Å². The standard InChI is InChI=1S/C19H26N2O2S/c1-19(11-5-13-24-19)18(23)20-16-10-12-21(14-16)17(22)9-8-15-6-3-2-4-7-15/h2-4,6-7,16H,5,8-14H2,1H3,(H,20,23)/t16-,19+/m1/s1. The van der Waals surface area contributed by atoms with Crippen molar-refractivity contribution in [2.24, 2.45) is 0 Å². The van der Waals surface area contributed by atoms with E-state index in [4.69, 9.17) is 0 Å². The van der Waals surface area contributed by atoms with Crippen molar-refractivity contribution in [3.8, 4) is 0 Å². The number of thioether (sulfide) groups is 1.